The Morgan fingerprint density at radius 1 is 1.04 bits per heavy atom. The average Bonchev–Trinajstić information content (AvgIpc) is 2.62. The zero-order valence-corrected chi connectivity index (χ0v) is 19.2. The quantitative estimate of drug-likeness (QED) is 0.325. The predicted octanol–water partition coefficient (Wildman–Crippen LogP) is 5.89. The van der Waals surface area contributed by atoms with E-state index in [0.29, 0.717) is 18.8 Å². The molecule has 0 saturated heterocycles. The van der Waals surface area contributed by atoms with Crippen LogP contribution in [-0.4, -0.2) is 29.5 Å². The highest BCUT2D eigenvalue weighted by Crippen LogP contribution is 2.32. The summed E-state index contributed by atoms with van der Waals surface area (Å²) >= 11 is 5.58. The molecule has 4 nitrogen and oxygen atoms in total. The third-order valence-electron chi connectivity index (χ3n) is 5.04. The minimum Gasteiger partial charge on any atom is -0.488 e. The second-order valence-corrected chi connectivity index (χ2v) is 8.82. The minimum absolute atomic E-state index is 0.0174. The lowest BCUT2D eigenvalue weighted by Crippen LogP contribution is -2.28. The first-order valence-corrected chi connectivity index (χ1v) is 11.0. The van der Waals surface area contributed by atoms with E-state index < -0.39 is 0 Å². The molecule has 1 aromatic rings. The average molecular weight is 412 g/mol. The van der Waals surface area contributed by atoms with Gasteiger partial charge in [0.15, 0.2) is 0 Å². The van der Waals surface area contributed by atoms with Crippen molar-refractivity contribution in [1.82, 2.24) is 5.32 Å². The van der Waals surface area contributed by atoms with Crippen LogP contribution in [0, 0.1) is 0 Å². The van der Waals surface area contributed by atoms with E-state index in [2.05, 4.69) is 52.9 Å². The predicted molar refractivity (Wildman–Crippen MR) is 118 cm³/mol. The smallest absolute Gasteiger partial charge is 0.221 e. The van der Waals surface area contributed by atoms with Gasteiger partial charge in [0, 0.05) is 24.9 Å². The molecule has 0 aliphatic carbocycles. The van der Waals surface area contributed by atoms with Crippen LogP contribution in [0.4, 0.5) is 0 Å². The topological polar surface area (TPSA) is 47.6 Å². The van der Waals surface area contributed by atoms with E-state index in [0.717, 1.165) is 43.6 Å². The first-order valence-electron chi connectivity index (χ1n) is 10.5. The van der Waals surface area contributed by atoms with Crippen LogP contribution in [0.25, 0.3) is 0 Å². The molecule has 0 aliphatic rings. The second kappa shape index (κ2) is 11.5. The van der Waals surface area contributed by atoms with Gasteiger partial charge in [-0.15, -0.1) is 11.6 Å². The first kappa shape index (κ1) is 24.6. The van der Waals surface area contributed by atoms with Gasteiger partial charge in [-0.1, -0.05) is 19.9 Å². The fourth-order valence-electron chi connectivity index (χ4n) is 2.50. The van der Waals surface area contributed by atoms with Gasteiger partial charge in [-0.05, 0) is 71.4 Å². The Kier molecular flexibility index (Phi) is 10.2. The van der Waals surface area contributed by atoms with Crippen molar-refractivity contribution in [3.63, 3.8) is 0 Å². The molecular formula is C23H38ClNO3. The molecule has 0 aromatic heterocycles. The molecule has 1 N–H and O–H groups in total. The van der Waals surface area contributed by atoms with Crippen molar-refractivity contribution < 1.29 is 14.3 Å². The number of aryl methyl sites for hydroxylation is 1. The van der Waals surface area contributed by atoms with Gasteiger partial charge in [-0.25, -0.2) is 0 Å². The molecular weight excluding hydrogens is 374 g/mol. The van der Waals surface area contributed by atoms with E-state index in [1.165, 1.54) is 5.56 Å². The van der Waals surface area contributed by atoms with Crippen LogP contribution in [0.15, 0.2) is 18.2 Å². The second-order valence-electron chi connectivity index (χ2n) is 8.45. The summed E-state index contributed by atoms with van der Waals surface area (Å²) in [4.78, 5) is 11.5. The van der Waals surface area contributed by atoms with E-state index in [4.69, 9.17) is 21.1 Å². The number of unbranched alkanes of at least 4 members (excludes halogenated alkanes) is 1. The Balaban J connectivity index is 2.78. The summed E-state index contributed by atoms with van der Waals surface area (Å²) in [6, 6.07) is 6.15. The molecule has 0 heterocycles. The van der Waals surface area contributed by atoms with E-state index in [-0.39, 0.29) is 17.1 Å². The van der Waals surface area contributed by atoms with Crippen molar-refractivity contribution in [3.8, 4) is 11.5 Å². The zero-order valence-electron chi connectivity index (χ0n) is 18.5. The summed E-state index contributed by atoms with van der Waals surface area (Å²) in [5, 5.41) is 2.90. The Morgan fingerprint density at radius 3 is 2.29 bits per heavy atom. The van der Waals surface area contributed by atoms with Gasteiger partial charge in [-0.2, -0.15) is 0 Å². The van der Waals surface area contributed by atoms with Crippen molar-refractivity contribution in [1.29, 1.82) is 0 Å². The standard InChI is InChI=1S/C23H38ClNO3/c1-7-22(3,4)27-19-13-12-18(20(17-19)28-23(5,6)8-2)11-9-10-16-25-21(26)14-15-24/h12-13,17H,7-11,14-16H2,1-6H3,(H,25,26). The van der Waals surface area contributed by atoms with Crippen molar-refractivity contribution >= 4 is 17.5 Å². The molecule has 0 spiro atoms. The van der Waals surface area contributed by atoms with Gasteiger partial charge in [0.25, 0.3) is 0 Å². The highest BCUT2D eigenvalue weighted by Gasteiger charge is 2.21. The third-order valence-corrected chi connectivity index (χ3v) is 5.23. The van der Waals surface area contributed by atoms with Crippen LogP contribution in [-0.2, 0) is 11.2 Å². The summed E-state index contributed by atoms with van der Waals surface area (Å²) in [7, 11) is 0. The number of benzene rings is 1. The highest BCUT2D eigenvalue weighted by atomic mass is 35.5. The number of rotatable bonds is 13. The number of ether oxygens (including phenoxy) is 2. The van der Waals surface area contributed by atoms with Crippen LogP contribution in [0.1, 0.15) is 79.2 Å². The lowest BCUT2D eigenvalue weighted by atomic mass is 10.0. The van der Waals surface area contributed by atoms with Crippen molar-refractivity contribution in [3.05, 3.63) is 23.8 Å². The van der Waals surface area contributed by atoms with Gasteiger partial charge in [-0.3, -0.25) is 4.79 Å². The minimum atomic E-state index is -0.233. The SMILES string of the molecule is CCC(C)(C)Oc1ccc(CCCCNC(=O)CCCl)c(OC(C)(C)CC)c1. The lowest BCUT2D eigenvalue weighted by molar-refractivity contribution is -0.120. The van der Waals surface area contributed by atoms with E-state index >= 15 is 0 Å². The number of hydrogen-bond donors (Lipinski definition) is 1. The van der Waals surface area contributed by atoms with Crippen LogP contribution in [0.5, 0.6) is 11.5 Å². The summed E-state index contributed by atoms with van der Waals surface area (Å²) < 4.78 is 12.5. The molecule has 28 heavy (non-hydrogen) atoms. The van der Waals surface area contributed by atoms with Crippen LogP contribution >= 0.6 is 11.6 Å². The fraction of sp³-hybridized carbons (Fsp3) is 0.696. The van der Waals surface area contributed by atoms with Crippen molar-refractivity contribution in [2.45, 2.75) is 91.3 Å². The van der Waals surface area contributed by atoms with Gasteiger partial charge in [0.2, 0.25) is 5.91 Å². The van der Waals surface area contributed by atoms with Gasteiger partial charge < -0.3 is 14.8 Å². The van der Waals surface area contributed by atoms with Crippen LogP contribution in [0.2, 0.25) is 0 Å². The van der Waals surface area contributed by atoms with Crippen molar-refractivity contribution in [2.24, 2.45) is 0 Å². The Labute approximate surface area is 176 Å². The maximum atomic E-state index is 11.5. The number of hydrogen-bond acceptors (Lipinski definition) is 3. The lowest BCUT2D eigenvalue weighted by Gasteiger charge is -2.29. The van der Waals surface area contributed by atoms with Gasteiger partial charge >= 0.3 is 0 Å². The normalized spacial score (nSPS) is 12.0. The number of amides is 1. The summed E-state index contributed by atoms with van der Waals surface area (Å²) in [5.41, 5.74) is 0.735. The number of carbonyl (C=O) groups excluding carboxylic acids is 1. The third kappa shape index (κ3) is 9.18. The Bertz CT molecular complexity index is 614. The van der Waals surface area contributed by atoms with Crippen LogP contribution in [0.3, 0.4) is 0 Å². The fourth-order valence-corrected chi connectivity index (χ4v) is 2.68. The zero-order chi connectivity index (χ0) is 21.2. The van der Waals surface area contributed by atoms with Gasteiger partial charge in [0.1, 0.15) is 22.7 Å². The van der Waals surface area contributed by atoms with Crippen molar-refractivity contribution in [2.75, 3.05) is 12.4 Å². The van der Waals surface area contributed by atoms with E-state index in [1.807, 2.05) is 12.1 Å². The number of carbonyl (C=O) groups is 1. The maximum Gasteiger partial charge on any atom is 0.221 e. The number of alkyl halides is 1. The molecule has 0 aliphatic heterocycles. The van der Waals surface area contributed by atoms with Gasteiger partial charge in [0.05, 0.1) is 0 Å². The Hall–Kier alpha value is -1.42. The molecule has 0 bridgehead atoms. The molecule has 1 aromatic carbocycles. The largest absolute Gasteiger partial charge is 0.488 e. The molecule has 0 radical (unpaired) electrons. The molecule has 160 valence electrons. The molecule has 0 unspecified atom stereocenters. The van der Waals surface area contributed by atoms with Crippen LogP contribution < -0.4 is 14.8 Å². The molecule has 1 amide bonds. The number of nitrogens with one attached hydrogen (secondary N) is 1. The highest BCUT2D eigenvalue weighted by molar-refractivity contribution is 6.18. The summed E-state index contributed by atoms with van der Waals surface area (Å²) in [6.45, 7) is 13.3. The maximum absolute atomic E-state index is 11.5. The molecule has 0 atom stereocenters. The summed E-state index contributed by atoms with van der Waals surface area (Å²) in [6.07, 6.45) is 5.03. The monoisotopic (exact) mass is 411 g/mol. The summed E-state index contributed by atoms with van der Waals surface area (Å²) in [5.74, 6) is 2.11. The molecule has 1 rings (SSSR count). The van der Waals surface area contributed by atoms with E-state index in [9.17, 15) is 4.79 Å². The molecule has 5 heteroatoms. The molecule has 0 saturated carbocycles. The number of halogens is 1. The molecule has 0 fully saturated rings. The first-order chi connectivity index (χ1) is 13.1. The Morgan fingerprint density at radius 2 is 1.68 bits per heavy atom. The van der Waals surface area contributed by atoms with E-state index in [1.54, 1.807) is 0 Å².